The Morgan fingerprint density at radius 1 is 0.853 bits per heavy atom. The highest BCUT2D eigenvalue weighted by Crippen LogP contribution is 2.68. The number of aromatic nitrogens is 1. The van der Waals surface area contributed by atoms with Gasteiger partial charge < -0.3 is 4.98 Å². The summed E-state index contributed by atoms with van der Waals surface area (Å²) in [6, 6.07) is 14.7. The van der Waals surface area contributed by atoms with Gasteiger partial charge in [0.2, 0.25) is 11.8 Å². The van der Waals surface area contributed by atoms with Gasteiger partial charge in [-0.3, -0.25) is 19.3 Å². The minimum Gasteiger partial charge on any atom is -0.307 e. The van der Waals surface area contributed by atoms with Crippen molar-refractivity contribution in [2.24, 2.45) is 29.6 Å². The molecule has 0 radical (unpaired) electrons. The number of amides is 2. The van der Waals surface area contributed by atoms with Crippen molar-refractivity contribution in [3.63, 3.8) is 0 Å². The summed E-state index contributed by atoms with van der Waals surface area (Å²) in [6.07, 6.45) is 0.868. The molecule has 3 fully saturated rings. The zero-order chi connectivity index (χ0) is 23.3. The highest BCUT2D eigenvalue weighted by molar-refractivity contribution is 8.00. The number of fused-ring (bicyclic) bond motifs is 9. The molecule has 2 bridgehead atoms. The van der Waals surface area contributed by atoms with Crippen molar-refractivity contribution >= 4 is 63.8 Å². The van der Waals surface area contributed by atoms with Crippen molar-refractivity contribution in [1.29, 1.82) is 0 Å². The molecule has 3 aromatic rings. The van der Waals surface area contributed by atoms with Crippen LogP contribution in [0.3, 0.4) is 0 Å². The lowest BCUT2D eigenvalue weighted by atomic mass is 9.68. The van der Waals surface area contributed by atoms with E-state index in [0.29, 0.717) is 15.7 Å². The Morgan fingerprint density at radius 2 is 1.47 bits per heavy atom. The Balaban J connectivity index is 1.32. The van der Waals surface area contributed by atoms with Gasteiger partial charge in [-0.25, -0.2) is 0 Å². The number of aromatic amines is 1. The average molecular weight is 529 g/mol. The summed E-state index contributed by atoms with van der Waals surface area (Å²) in [5, 5.41) is 2.31. The van der Waals surface area contributed by atoms with Crippen LogP contribution < -0.4 is 9.77 Å². The maximum Gasteiger partial charge on any atom is 0.305 e. The molecule has 1 saturated heterocycles. The predicted octanol–water partition coefficient (Wildman–Crippen LogP) is 5.42. The minimum atomic E-state index is -0.318. The number of carbonyl (C=O) groups excluding carboxylic acids is 2. The summed E-state index contributed by atoms with van der Waals surface area (Å²) in [7, 11) is 0. The van der Waals surface area contributed by atoms with Crippen LogP contribution in [0.5, 0.6) is 0 Å². The quantitative estimate of drug-likeness (QED) is 0.450. The number of hydrogen-bond donors (Lipinski definition) is 1. The van der Waals surface area contributed by atoms with Gasteiger partial charge in [-0.05, 0) is 66.1 Å². The third kappa shape index (κ3) is 2.84. The lowest BCUT2D eigenvalue weighted by molar-refractivity contribution is -0.123. The van der Waals surface area contributed by atoms with E-state index in [0.717, 1.165) is 21.9 Å². The van der Waals surface area contributed by atoms with E-state index in [4.69, 9.17) is 23.2 Å². The van der Waals surface area contributed by atoms with E-state index in [1.54, 1.807) is 36.0 Å². The zero-order valence-corrected chi connectivity index (χ0v) is 20.8. The lowest BCUT2D eigenvalue weighted by Gasteiger charge is -2.43. The summed E-state index contributed by atoms with van der Waals surface area (Å²) >= 11 is 15.2. The van der Waals surface area contributed by atoms with Crippen molar-refractivity contribution in [2.75, 3.05) is 4.90 Å². The lowest BCUT2D eigenvalue weighted by Crippen LogP contribution is -2.42. The van der Waals surface area contributed by atoms with Crippen molar-refractivity contribution < 1.29 is 9.59 Å². The average Bonchev–Trinajstić information content (AvgIpc) is 3.54. The third-order valence-electron chi connectivity index (χ3n) is 8.04. The molecule has 3 heterocycles. The van der Waals surface area contributed by atoms with Crippen LogP contribution in [0.2, 0.25) is 10.0 Å². The number of nitrogens with one attached hydrogen (secondary N) is 1. The number of rotatable bonds is 2. The molecule has 2 aliphatic heterocycles. The molecule has 34 heavy (non-hydrogen) atoms. The molecule has 9 heteroatoms. The van der Waals surface area contributed by atoms with E-state index in [-0.39, 0.29) is 57.4 Å². The summed E-state index contributed by atoms with van der Waals surface area (Å²) in [4.78, 5) is 44.9. The van der Waals surface area contributed by atoms with Crippen molar-refractivity contribution in [2.45, 2.75) is 22.6 Å². The van der Waals surface area contributed by atoms with Gasteiger partial charge in [0, 0.05) is 26.1 Å². The number of benzene rings is 2. The molecule has 7 atom stereocenters. The summed E-state index contributed by atoms with van der Waals surface area (Å²) in [6.45, 7) is 0. The van der Waals surface area contributed by atoms with Gasteiger partial charge in [0.15, 0.2) is 0 Å². The van der Waals surface area contributed by atoms with E-state index < -0.39 is 0 Å². The molecule has 172 valence electrons. The van der Waals surface area contributed by atoms with Gasteiger partial charge in [-0.1, -0.05) is 46.7 Å². The molecule has 2 amide bonds. The van der Waals surface area contributed by atoms with Crippen molar-refractivity contribution in [1.82, 2.24) is 4.98 Å². The van der Waals surface area contributed by atoms with Gasteiger partial charge in [0.25, 0.3) is 0 Å². The Hall–Kier alpha value is -2.06. The third-order valence-corrected chi connectivity index (χ3v) is 11.1. The molecule has 0 spiro atoms. The molecule has 2 aromatic carbocycles. The molecular formula is C25H18Cl2N2O3S2. The number of imide groups is 1. The SMILES string of the molecule is O=C1[C@@H]2[C@H]3C[C@@H]([C@H]4Sc5[nH]c(=O)sc5[C@H](c5ccc(Cl)cc5)[C@@H]34)[C@H]2C(=O)N1c1ccc(Cl)cc1. The van der Waals surface area contributed by atoms with E-state index in [9.17, 15) is 14.4 Å². The second kappa shape index (κ2) is 7.47. The second-order valence-electron chi connectivity index (χ2n) is 9.50. The van der Waals surface area contributed by atoms with Gasteiger partial charge >= 0.3 is 4.87 Å². The largest absolute Gasteiger partial charge is 0.307 e. The Morgan fingerprint density at radius 3 is 2.15 bits per heavy atom. The first kappa shape index (κ1) is 21.2. The number of halogens is 2. The highest BCUT2D eigenvalue weighted by Gasteiger charge is 2.69. The monoisotopic (exact) mass is 528 g/mol. The number of H-pyrrole nitrogens is 1. The molecular weight excluding hydrogens is 511 g/mol. The molecule has 5 nitrogen and oxygen atoms in total. The fourth-order valence-corrected chi connectivity index (χ4v) is 10.0. The maximum atomic E-state index is 13.7. The molecule has 2 aliphatic carbocycles. The Bertz CT molecular complexity index is 1400. The summed E-state index contributed by atoms with van der Waals surface area (Å²) in [5.41, 5.74) is 1.69. The fraction of sp³-hybridized carbons (Fsp3) is 0.320. The summed E-state index contributed by atoms with van der Waals surface area (Å²) in [5.74, 6) is -0.448. The maximum absolute atomic E-state index is 13.7. The van der Waals surface area contributed by atoms with Gasteiger partial charge in [0.1, 0.15) is 0 Å². The number of thiazole rings is 1. The summed E-state index contributed by atoms with van der Waals surface area (Å²) < 4.78 is 0. The van der Waals surface area contributed by atoms with Gasteiger partial charge in [-0.15, -0.1) is 11.8 Å². The number of carbonyl (C=O) groups is 2. The molecule has 2 saturated carbocycles. The van der Waals surface area contributed by atoms with Crippen molar-refractivity contribution in [3.8, 4) is 0 Å². The van der Waals surface area contributed by atoms with Gasteiger partial charge in [-0.2, -0.15) is 0 Å². The predicted molar refractivity (Wildman–Crippen MR) is 134 cm³/mol. The van der Waals surface area contributed by atoms with Crippen molar-refractivity contribution in [3.05, 3.63) is 78.7 Å². The molecule has 1 aromatic heterocycles. The Kier molecular flexibility index (Phi) is 4.67. The minimum absolute atomic E-state index is 0.00546. The first-order chi connectivity index (χ1) is 16.4. The number of hydrogen-bond acceptors (Lipinski definition) is 5. The first-order valence-electron chi connectivity index (χ1n) is 11.2. The molecule has 4 aliphatic rings. The number of thioether (sulfide) groups is 1. The van der Waals surface area contributed by atoms with Crippen LogP contribution in [-0.2, 0) is 9.59 Å². The first-order valence-corrected chi connectivity index (χ1v) is 13.7. The van der Waals surface area contributed by atoms with Crippen LogP contribution in [0.25, 0.3) is 0 Å². The van der Waals surface area contributed by atoms with Crippen LogP contribution in [0, 0.1) is 29.6 Å². The van der Waals surface area contributed by atoms with E-state index in [1.165, 1.54) is 16.2 Å². The second-order valence-corrected chi connectivity index (χ2v) is 12.6. The van der Waals surface area contributed by atoms with Crippen LogP contribution in [0.4, 0.5) is 5.69 Å². The zero-order valence-electron chi connectivity index (χ0n) is 17.6. The number of nitrogens with zero attached hydrogens (tertiary/aromatic N) is 1. The smallest absolute Gasteiger partial charge is 0.305 e. The van der Waals surface area contributed by atoms with E-state index >= 15 is 0 Å². The van der Waals surface area contributed by atoms with Gasteiger partial charge in [0.05, 0.1) is 22.5 Å². The van der Waals surface area contributed by atoms with Crippen LogP contribution in [0.1, 0.15) is 22.8 Å². The normalized spacial score (nSPS) is 33.2. The molecule has 7 rings (SSSR count). The molecule has 0 unspecified atom stereocenters. The topological polar surface area (TPSA) is 70.2 Å². The van der Waals surface area contributed by atoms with Crippen LogP contribution in [0.15, 0.2) is 58.4 Å². The van der Waals surface area contributed by atoms with E-state index in [1.807, 2.05) is 24.3 Å². The van der Waals surface area contributed by atoms with Crippen LogP contribution >= 0.6 is 46.3 Å². The standard InChI is InChI=1S/C25H18Cl2N2O3S2/c26-11-3-1-10(2-4-11)16-17-14-9-15(20(17)33-22-21(16)34-25(32)28-22)19-18(14)23(30)29(24(19)31)13-7-5-12(27)6-8-13/h1-8,14-20H,9H2,(H,28,32)/t14-,15+,16+,17+,18+,19+,20+/m0/s1. The highest BCUT2D eigenvalue weighted by atomic mass is 35.5. The van der Waals surface area contributed by atoms with E-state index in [2.05, 4.69) is 4.98 Å². The fourth-order valence-electron chi connectivity index (χ4n) is 6.90. The molecule has 1 N–H and O–H groups in total. The Labute approximate surface area is 213 Å². The van der Waals surface area contributed by atoms with Crippen LogP contribution in [-0.4, -0.2) is 22.0 Å². The number of anilines is 1.